The second kappa shape index (κ2) is 5.42. The maximum atomic E-state index is 14.2. The van der Waals surface area contributed by atoms with Crippen LogP contribution >= 0.6 is 27.5 Å². The average Bonchev–Trinajstić information content (AvgIpc) is 2.93. The van der Waals surface area contributed by atoms with Crippen LogP contribution in [0, 0.1) is 5.82 Å². The summed E-state index contributed by atoms with van der Waals surface area (Å²) < 4.78 is 16.2. The first-order valence-corrected chi connectivity index (χ1v) is 7.03. The molecular weight excluding hydrogens is 361 g/mol. The highest BCUT2D eigenvalue weighted by atomic mass is 79.9. The molecule has 0 spiro atoms. The lowest BCUT2D eigenvalue weighted by atomic mass is 10.2. The lowest BCUT2D eigenvalue weighted by molar-refractivity contribution is 0.608. The zero-order valence-corrected chi connectivity index (χ0v) is 12.8. The number of nitrogens with two attached hydrogens (primary N) is 1. The van der Waals surface area contributed by atoms with Crippen molar-refractivity contribution in [3.63, 3.8) is 0 Å². The molecule has 0 bridgehead atoms. The highest BCUT2D eigenvalue weighted by Crippen LogP contribution is 2.30. The Morgan fingerprint density at radius 3 is 2.86 bits per heavy atom. The number of tetrazole rings is 1. The Kier molecular flexibility index (Phi) is 3.60. The molecule has 3 rings (SSSR count). The van der Waals surface area contributed by atoms with Crippen LogP contribution < -0.4 is 5.73 Å². The van der Waals surface area contributed by atoms with Gasteiger partial charge >= 0.3 is 0 Å². The first-order valence-electron chi connectivity index (χ1n) is 5.86. The number of benzene rings is 2. The van der Waals surface area contributed by atoms with Crippen LogP contribution in [-0.4, -0.2) is 20.2 Å². The number of halogens is 3. The quantitative estimate of drug-likeness (QED) is 0.703. The summed E-state index contributed by atoms with van der Waals surface area (Å²) in [5, 5.41) is 11.4. The van der Waals surface area contributed by atoms with Crippen molar-refractivity contribution in [3.05, 3.63) is 51.7 Å². The van der Waals surface area contributed by atoms with E-state index in [1.807, 2.05) is 0 Å². The molecule has 0 radical (unpaired) electrons. The molecule has 0 saturated carbocycles. The second-order valence-electron chi connectivity index (χ2n) is 4.23. The lowest BCUT2D eigenvalue weighted by Gasteiger charge is -2.08. The minimum Gasteiger partial charge on any atom is -0.399 e. The fourth-order valence-corrected chi connectivity index (χ4v) is 2.48. The van der Waals surface area contributed by atoms with Gasteiger partial charge in [0.05, 0.1) is 5.02 Å². The van der Waals surface area contributed by atoms with Crippen LogP contribution in [0.4, 0.5) is 10.1 Å². The Bertz CT molecular complexity index is 804. The van der Waals surface area contributed by atoms with Crippen molar-refractivity contribution in [2.45, 2.75) is 0 Å². The molecule has 1 heterocycles. The van der Waals surface area contributed by atoms with Crippen LogP contribution in [0.5, 0.6) is 0 Å². The number of hydrogen-bond acceptors (Lipinski definition) is 4. The summed E-state index contributed by atoms with van der Waals surface area (Å²) >= 11 is 9.21. The number of hydrogen-bond donors (Lipinski definition) is 1. The first kappa shape index (κ1) is 14.0. The molecule has 0 aliphatic carbocycles. The van der Waals surface area contributed by atoms with Crippen molar-refractivity contribution in [1.82, 2.24) is 20.2 Å². The van der Waals surface area contributed by atoms with Crippen molar-refractivity contribution < 1.29 is 4.39 Å². The molecule has 106 valence electrons. The highest BCUT2D eigenvalue weighted by molar-refractivity contribution is 9.10. The van der Waals surface area contributed by atoms with Gasteiger partial charge in [0.15, 0.2) is 11.6 Å². The average molecular weight is 369 g/mol. The number of anilines is 1. The normalized spacial score (nSPS) is 10.8. The largest absolute Gasteiger partial charge is 0.399 e. The SMILES string of the molecule is Nc1ccc(Br)c(-c2nnnn2-c2cccc(Cl)c2F)c1. The van der Waals surface area contributed by atoms with Gasteiger partial charge in [0.1, 0.15) is 5.69 Å². The van der Waals surface area contributed by atoms with Crippen molar-refractivity contribution >= 4 is 33.2 Å². The zero-order valence-electron chi connectivity index (χ0n) is 10.5. The van der Waals surface area contributed by atoms with Gasteiger partial charge in [-0.1, -0.05) is 33.6 Å². The third-order valence-electron chi connectivity index (χ3n) is 2.86. The molecule has 0 aliphatic rings. The van der Waals surface area contributed by atoms with Gasteiger partial charge in [-0.05, 0) is 40.8 Å². The molecule has 2 aromatic carbocycles. The molecule has 21 heavy (non-hydrogen) atoms. The van der Waals surface area contributed by atoms with E-state index in [-0.39, 0.29) is 10.7 Å². The zero-order chi connectivity index (χ0) is 15.0. The van der Waals surface area contributed by atoms with Gasteiger partial charge in [0.25, 0.3) is 0 Å². The Morgan fingerprint density at radius 2 is 2.05 bits per heavy atom. The minimum absolute atomic E-state index is 0.000547. The molecule has 0 atom stereocenters. The molecule has 2 N–H and O–H groups in total. The summed E-state index contributed by atoms with van der Waals surface area (Å²) in [4.78, 5) is 0. The predicted octanol–water partition coefficient (Wildman–Crippen LogP) is 3.47. The third kappa shape index (κ3) is 2.50. The van der Waals surface area contributed by atoms with Gasteiger partial charge < -0.3 is 5.73 Å². The highest BCUT2D eigenvalue weighted by Gasteiger charge is 2.17. The Balaban J connectivity index is 2.22. The van der Waals surface area contributed by atoms with E-state index < -0.39 is 5.82 Å². The van der Waals surface area contributed by atoms with Crippen molar-refractivity contribution in [2.75, 3.05) is 5.73 Å². The van der Waals surface area contributed by atoms with Gasteiger partial charge in [-0.3, -0.25) is 0 Å². The molecule has 3 aromatic rings. The standard InChI is InChI=1S/C13H8BrClFN5/c14-9-5-4-7(17)6-8(9)13-18-19-20-21(13)11-3-1-2-10(15)12(11)16/h1-6H,17H2. The second-order valence-corrected chi connectivity index (χ2v) is 5.49. The van der Waals surface area contributed by atoms with Crippen LogP contribution in [0.2, 0.25) is 5.02 Å². The van der Waals surface area contributed by atoms with E-state index in [2.05, 4.69) is 31.5 Å². The summed E-state index contributed by atoms with van der Waals surface area (Å²) in [6, 6.07) is 9.84. The number of nitrogen functional groups attached to an aromatic ring is 1. The van der Waals surface area contributed by atoms with Gasteiger partial charge in [0.2, 0.25) is 0 Å². The van der Waals surface area contributed by atoms with Gasteiger partial charge in [-0.15, -0.1) is 5.10 Å². The smallest absolute Gasteiger partial charge is 0.188 e. The Morgan fingerprint density at radius 1 is 1.24 bits per heavy atom. The van der Waals surface area contributed by atoms with Gasteiger partial charge in [0, 0.05) is 15.7 Å². The third-order valence-corrected chi connectivity index (χ3v) is 3.84. The van der Waals surface area contributed by atoms with Crippen LogP contribution in [0.15, 0.2) is 40.9 Å². The first-order chi connectivity index (χ1) is 10.1. The van der Waals surface area contributed by atoms with E-state index >= 15 is 0 Å². The van der Waals surface area contributed by atoms with E-state index in [1.165, 1.54) is 10.7 Å². The van der Waals surface area contributed by atoms with E-state index in [1.54, 1.807) is 30.3 Å². The Labute approximate surface area is 132 Å². The summed E-state index contributed by atoms with van der Waals surface area (Å²) in [7, 11) is 0. The van der Waals surface area contributed by atoms with Crippen LogP contribution in [-0.2, 0) is 0 Å². The molecule has 8 heteroatoms. The number of nitrogens with zero attached hydrogens (tertiary/aromatic N) is 4. The van der Waals surface area contributed by atoms with Crippen LogP contribution in [0.1, 0.15) is 0 Å². The number of rotatable bonds is 2. The topological polar surface area (TPSA) is 69.6 Å². The molecule has 0 unspecified atom stereocenters. The molecule has 0 saturated heterocycles. The van der Waals surface area contributed by atoms with Crippen molar-refractivity contribution in [2.24, 2.45) is 0 Å². The van der Waals surface area contributed by atoms with Crippen molar-refractivity contribution in [1.29, 1.82) is 0 Å². The summed E-state index contributed by atoms with van der Waals surface area (Å²) in [5.41, 5.74) is 7.15. The molecule has 0 fully saturated rings. The fraction of sp³-hybridized carbons (Fsp3) is 0. The van der Waals surface area contributed by atoms with Crippen molar-refractivity contribution in [3.8, 4) is 17.1 Å². The van der Waals surface area contributed by atoms with E-state index in [9.17, 15) is 4.39 Å². The lowest BCUT2D eigenvalue weighted by Crippen LogP contribution is -2.03. The summed E-state index contributed by atoms with van der Waals surface area (Å²) in [5.74, 6) is -0.233. The molecule has 0 amide bonds. The Hall–Kier alpha value is -1.99. The monoisotopic (exact) mass is 367 g/mol. The number of aromatic nitrogens is 4. The van der Waals surface area contributed by atoms with Gasteiger partial charge in [-0.2, -0.15) is 4.68 Å². The molecule has 0 aliphatic heterocycles. The molecular formula is C13H8BrClFN5. The summed E-state index contributed by atoms with van der Waals surface area (Å²) in [6.45, 7) is 0. The van der Waals surface area contributed by atoms with Crippen LogP contribution in [0.25, 0.3) is 17.1 Å². The van der Waals surface area contributed by atoms with E-state index in [0.717, 1.165) is 4.47 Å². The molecule has 5 nitrogen and oxygen atoms in total. The predicted molar refractivity (Wildman–Crippen MR) is 81.7 cm³/mol. The van der Waals surface area contributed by atoms with Gasteiger partial charge in [-0.25, -0.2) is 4.39 Å². The maximum Gasteiger partial charge on any atom is 0.188 e. The minimum atomic E-state index is -0.590. The van der Waals surface area contributed by atoms with E-state index in [4.69, 9.17) is 17.3 Å². The maximum absolute atomic E-state index is 14.2. The molecule has 1 aromatic heterocycles. The fourth-order valence-electron chi connectivity index (χ4n) is 1.89. The van der Waals surface area contributed by atoms with Crippen LogP contribution in [0.3, 0.4) is 0 Å². The van der Waals surface area contributed by atoms with E-state index in [0.29, 0.717) is 17.1 Å². The summed E-state index contributed by atoms with van der Waals surface area (Å²) in [6.07, 6.45) is 0.